The first-order chi connectivity index (χ1) is 12.1. The second-order valence-corrected chi connectivity index (χ2v) is 6.46. The number of carbonyl (C=O) groups is 1. The van der Waals surface area contributed by atoms with Crippen LogP contribution in [0.1, 0.15) is 12.5 Å². The van der Waals surface area contributed by atoms with Crippen LogP contribution in [0.15, 0.2) is 36.5 Å². The van der Waals surface area contributed by atoms with E-state index in [1.54, 1.807) is 11.1 Å². The maximum absolute atomic E-state index is 12.8. The Bertz CT molecular complexity index is 731. The second kappa shape index (κ2) is 7.91. The van der Waals surface area contributed by atoms with E-state index in [0.717, 1.165) is 16.5 Å². The Morgan fingerprint density at radius 2 is 2.08 bits per heavy atom. The van der Waals surface area contributed by atoms with E-state index in [0.29, 0.717) is 19.7 Å². The summed E-state index contributed by atoms with van der Waals surface area (Å²) in [6.45, 7) is 3.30. The lowest BCUT2D eigenvalue weighted by atomic mass is 9.95. The van der Waals surface area contributed by atoms with Gasteiger partial charge in [0.05, 0.1) is 31.3 Å². The zero-order valence-corrected chi connectivity index (χ0v) is 14.3. The van der Waals surface area contributed by atoms with Crippen molar-refractivity contribution in [3.63, 3.8) is 0 Å². The number of benzene rings is 1. The molecule has 25 heavy (non-hydrogen) atoms. The summed E-state index contributed by atoms with van der Waals surface area (Å²) in [6.07, 6.45) is 0.226. The van der Waals surface area contributed by atoms with Crippen LogP contribution in [0.5, 0.6) is 0 Å². The van der Waals surface area contributed by atoms with Gasteiger partial charge in [0.15, 0.2) is 0 Å². The highest BCUT2D eigenvalue weighted by atomic mass is 16.5. The molecule has 1 aromatic heterocycles. The average Bonchev–Trinajstić information content (AvgIpc) is 2.63. The molecule has 6 nitrogen and oxygen atoms in total. The Labute approximate surface area is 147 Å². The number of pyridine rings is 1. The molecule has 1 aliphatic heterocycles. The molecule has 2 aromatic rings. The SMILES string of the molecule is CCN(C[C@@H]1COC[C@@H](O)[C@H]1O)C(=O)Cc1cccc2cccnc12. The molecule has 2 heterocycles. The third-order valence-corrected chi connectivity index (χ3v) is 4.75. The molecule has 0 bridgehead atoms. The number of aliphatic hydroxyl groups excluding tert-OH is 2. The number of likely N-dealkylation sites (N-methyl/N-ethyl adjacent to an activating group) is 1. The Morgan fingerprint density at radius 3 is 2.88 bits per heavy atom. The minimum Gasteiger partial charge on any atom is -0.390 e. The maximum Gasteiger partial charge on any atom is 0.227 e. The van der Waals surface area contributed by atoms with Crippen LogP contribution in [0.3, 0.4) is 0 Å². The van der Waals surface area contributed by atoms with Gasteiger partial charge in [-0.3, -0.25) is 9.78 Å². The van der Waals surface area contributed by atoms with Crippen molar-refractivity contribution in [2.45, 2.75) is 25.6 Å². The van der Waals surface area contributed by atoms with Gasteiger partial charge in [0.2, 0.25) is 5.91 Å². The highest BCUT2D eigenvalue weighted by Crippen LogP contribution is 2.19. The van der Waals surface area contributed by atoms with Gasteiger partial charge in [-0.2, -0.15) is 0 Å². The lowest BCUT2D eigenvalue weighted by Crippen LogP contribution is -2.49. The molecule has 1 aliphatic rings. The number of aromatic nitrogens is 1. The monoisotopic (exact) mass is 344 g/mol. The molecule has 0 radical (unpaired) electrons. The van der Waals surface area contributed by atoms with Gasteiger partial charge < -0.3 is 19.8 Å². The highest BCUT2D eigenvalue weighted by molar-refractivity contribution is 5.87. The molecule has 1 amide bonds. The number of fused-ring (bicyclic) bond motifs is 1. The predicted molar refractivity (Wildman–Crippen MR) is 94.0 cm³/mol. The number of nitrogens with zero attached hydrogens (tertiary/aromatic N) is 2. The van der Waals surface area contributed by atoms with Crippen molar-refractivity contribution in [1.82, 2.24) is 9.88 Å². The summed E-state index contributed by atoms with van der Waals surface area (Å²) in [5, 5.41) is 20.9. The summed E-state index contributed by atoms with van der Waals surface area (Å²) in [4.78, 5) is 18.9. The van der Waals surface area contributed by atoms with E-state index < -0.39 is 12.2 Å². The van der Waals surface area contributed by atoms with Crippen LogP contribution in [0.25, 0.3) is 10.9 Å². The van der Waals surface area contributed by atoms with E-state index >= 15 is 0 Å². The maximum atomic E-state index is 12.8. The van der Waals surface area contributed by atoms with Crippen LogP contribution >= 0.6 is 0 Å². The number of amides is 1. The Kier molecular flexibility index (Phi) is 5.63. The molecule has 2 N–H and O–H groups in total. The summed E-state index contributed by atoms with van der Waals surface area (Å²) in [5.74, 6) is -0.300. The van der Waals surface area contributed by atoms with Crippen LogP contribution < -0.4 is 0 Å². The molecule has 1 saturated heterocycles. The van der Waals surface area contributed by atoms with E-state index in [2.05, 4.69) is 4.98 Å². The second-order valence-electron chi connectivity index (χ2n) is 6.46. The number of carbonyl (C=O) groups excluding carboxylic acids is 1. The van der Waals surface area contributed by atoms with E-state index in [1.807, 2.05) is 37.3 Å². The molecular weight excluding hydrogens is 320 g/mol. The van der Waals surface area contributed by atoms with Crippen LogP contribution in [0.4, 0.5) is 0 Å². The van der Waals surface area contributed by atoms with Crippen molar-refractivity contribution in [3.05, 3.63) is 42.1 Å². The van der Waals surface area contributed by atoms with Gasteiger partial charge in [0.25, 0.3) is 0 Å². The van der Waals surface area contributed by atoms with Crippen LogP contribution in [0.2, 0.25) is 0 Å². The first-order valence-corrected chi connectivity index (χ1v) is 8.64. The van der Waals surface area contributed by atoms with Gasteiger partial charge in [-0.05, 0) is 18.6 Å². The van der Waals surface area contributed by atoms with Gasteiger partial charge in [0, 0.05) is 30.6 Å². The van der Waals surface area contributed by atoms with Crippen molar-refractivity contribution in [3.8, 4) is 0 Å². The van der Waals surface area contributed by atoms with Crippen LogP contribution in [-0.2, 0) is 16.0 Å². The Morgan fingerprint density at radius 1 is 1.28 bits per heavy atom. The zero-order valence-electron chi connectivity index (χ0n) is 14.3. The summed E-state index contributed by atoms with van der Waals surface area (Å²) >= 11 is 0. The molecule has 0 saturated carbocycles. The van der Waals surface area contributed by atoms with Gasteiger partial charge in [-0.15, -0.1) is 0 Å². The fourth-order valence-electron chi connectivity index (χ4n) is 3.29. The third kappa shape index (κ3) is 3.98. The fraction of sp³-hybridized carbons (Fsp3) is 0.474. The predicted octanol–water partition coefficient (Wildman–Crippen LogP) is 0.994. The van der Waals surface area contributed by atoms with Gasteiger partial charge in [-0.25, -0.2) is 0 Å². The first kappa shape index (κ1) is 17.8. The number of para-hydroxylation sites is 1. The van der Waals surface area contributed by atoms with E-state index in [1.165, 1.54) is 0 Å². The quantitative estimate of drug-likeness (QED) is 0.845. The molecule has 0 unspecified atom stereocenters. The fourth-order valence-corrected chi connectivity index (χ4v) is 3.29. The molecule has 3 atom stereocenters. The number of ether oxygens (including phenoxy) is 1. The summed E-state index contributed by atoms with van der Waals surface area (Å²) < 4.78 is 5.31. The van der Waals surface area contributed by atoms with Crippen molar-refractivity contribution < 1.29 is 19.7 Å². The molecule has 0 spiro atoms. The zero-order chi connectivity index (χ0) is 17.8. The van der Waals surface area contributed by atoms with E-state index in [-0.39, 0.29) is 24.9 Å². The number of aliphatic hydroxyl groups is 2. The van der Waals surface area contributed by atoms with Gasteiger partial charge in [-0.1, -0.05) is 24.3 Å². The highest BCUT2D eigenvalue weighted by Gasteiger charge is 2.33. The van der Waals surface area contributed by atoms with Crippen LogP contribution in [-0.4, -0.2) is 64.5 Å². The smallest absolute Gasteiger partial charge is 0.227 e. The standard InChI is InChI=1S/C19H24N2O4/c1-2-21(10-15-11-25-12-16(22)19(15)24)17(23)9-14-6-3-5-13-7-4-8-20-18(13)14/h3-8,15-16,19,22,24H,2,9-12H2,1H3/t15-,16-,19+/m1/s1. The minimum absolute atomic E-state index is 0.0204. The van der Waals surface area contributed by atoms with Crippen LogP contribution in [0, 0.1) is 5.92 Å². The number of rotatable bonds is 5. The lowest BCUT2D eigenvalue weighted by molar-refractivity contribution is -0.141. The molecule has 1 fully saturated rings. The largest absolute Gasteiger partial charge is 0.390 e. The normalized spacial score (nSPS) is 23.6. The van der Waals surface area contributed by atoms with Gasteiger partial charge in [0.1, 0.15) is 6.10 Å². The Hall–Kier alpha value is -2.02. The molecule has 6 heteroatoms. The van der Waals surface area contributed by atoms with Gasteiger partial charge >= 0.3 is 0 Å². The van der Waals surface area contributed by atoms with Crippen molar-refractivity contribution >= 4 is 16.8 Å². The summed E-state index contributed by atoms with van der Waals surface area (Å²) in [7, 11) is 0. The summed E-state index contributed by atoms with van der Waals surface area (Å²) in [5.41, 5.74) is 1.73. The first-order valence-electron chi connectivity index (χ1n) is 8.64. The van der Waals surface area contributed by atoms with Crippen molar-refractivity contribution in [1.29, 1.82) is 0 Å². The van der Waals surface area contributed by atoms with E-state index in [4.69, 9.17) is 4.74 Å². The molecule has 3 rings (SSSR count). The lowest BCUT2D eigenvalue weighted by Gasteiger charge is -2.35. The molecule has 134 valence electrons. The Balaban J connectivity index is 1.72. The van der Waals surface area contributed by atoms with Crippen molar-refractivity contribution in [2.75, 3.05) is 26.3 Å². The van der Waals surface area contributed by atoms with E-state index in [9.17, 15) is 15.0 Å². The number of hydrogen-bond acceptors (Lipinski definition) is 5. The number of hydrogen-bond donors (Lipinski definition) is 2. The summed E-state index contributed by atoms with van der Waals surface area (Å²) in [6, 6.07) is 9.68. The molecule has 1 aromatic carbocycles. The third-order valence-electron chi connectivity index (χ3n) is 4.75. The van der Waals surface area contributed by atoms with Crippen molar-refractivity contribution in [2.24, 2.45) is 5.92 Å². The topological polar surface area (TPSA) is 82.9 Å². The molecular formula is C19H24N2O4. The average molecular weight is 344 g/mol. The minimum atomic E-state index is -0.894. The molecule has 0 aliphatic carbocycles.